The Morgan fingerprint density at radius 1 is 1.00 bits per heavy atom. The second-order valence-corrected chi connectivity index (χ2v) is 6.77. The number of hydrogen-bond acceptors (Lipinski definition) is 2. The van der Waals surface area contributed by atoms with E-state index < -0.39 is 5.41 Å². The summed E-state index contributed by atoms with van der Waals surface area (Å²) in [7, 11) is 0. The van der Waals surface area contributed by atoms with E-state index in [0.29, 0.717) is 0 Å². The topological polar surface area (TPSA) is 44.1 Å². The van der Waals surface area contributed by atoms with Gasteiger partial charge in [-0.05, 0) is 37.5 Å². The number of rotatable bonds is 1. The van der Waals surface area contributed by atoms with Crippen LogP contribution in [0.3, 0.4) is 0 Å². The van der Waals surface area contributed by atoms with E-state index in [2.05, 4.69) is 6.07 Å². The molecule has 1 amide bonds. The van der Waals surface area contributed by atoms with E-state index in [1.165, 1.54) is 32.1 Å². The number of hydrogen-bond donors (Lipinski definition) is 0. The SMILES string of the molecule is N#CC1(C(=O)N2CC3CCCC3C2)CCCCCC1. The molecule has 2 atom stereocenters. The van der Waals surface area contributed by atoms with Gasteiger partial charge in [-0.2, -0.15) is 5.26 Å². The molecule has 0 bridgehead atoms. The molecule has 0 aromatic rings. The van der Waals surface area contributed by atoms with Gasteiger partial charge in [-0.15, -0.1) is 0 Å². The molecule has 3 nitrogen and oxygen atoms in total. The molecule has 3 aliphatic rings. The lowest BCUT2D eigenvalue weighted by atomic mass is 9.80. The van der Waals surface area contributed by atoms with Crippen molar-refractivity contribution in [1.82, 2.24) is 4.90 Å². The van der Waals surface area contributed by atoms with Crippen molar-refractivity contribution in [3.63, 3.8) is 0 Å². The summed E-state index contributed by atoms with van der Waals surface area (Å²) in [6, 6.07) is 2.41. The summed E-state index contributed by atoms with van der Waals surface area (Å²) in [5, 5.41) is 9.60. The fourth-order valence-corrected chi connectivity index (χ4v) is 4.41. The standard InChI is InChI=1S/C16H24N2O/c17-12-16(8-3-1-2-4-9-16)15(19)18-10-13-6-5-7-14(13)11-18/h13-14H,1-11H2. The van der Waals surface area contributed by atoms with Crippen molar-refractivity contribution in [3.05, 3.63) is 0 Å². The lowest BCUT2D eigenvalue weighted by molar-refractivity contribution is -0.139. The van der Waals surface area contributed by atoms with Gasteiger partial charge in [-0.25, -0.2) is 0 Å². The first-order valence-electron chi connectivity index (χ1n) is 7.96. The zero-order valence-corrected chi connectivity index (χ0v) is 11.7. The van der Waals surface area contributed by atoms with Crippen molar-refractivity contribution in [2.24, 2.45) is 17.3 Å². The highest BCUT2D eigenvalue weighted by molar-refractivity contribution is 5.85. The van der Waals surface area contributed by atoms with Crippen LogP contribution >= 0.6 is 0 Å². The first kappa shape index (κ1) is 13.0. The zero-order chi connectivity index (χ0) is 13.3. The lowest BCUT2D eigenvalue weighted by Gasteiger charge is -2.29. The molecule has 1 saturated heterocycles. The third-order valence-corrected chi connectivity index (χ3v) is 5.59. The van der Waals surface area contributed by atoms with E-state index in [4.69, 9.17) is 0 Å². The van der Waals surface area contributed by atoms with Crippen molar-refractivity contribution >= 4 is 5.91 Å². The number of nitriles is 1. The van der Waals surface area contributed by atoms with Crippen molar-refractivity contribution in [3.8, 4) is 6.07 Å². The highest BCUT2D eigenvalue weighted by Crippen LogP contribution is 2.42. The van der Waals surface area contributed by atoms with Crippen LogP contribution in [0.1, 0.15) is 57.8 Å². The van der Waals surface area contributed by atoms with Crippen molar-refractivity contribution in [2.75, 3.05) is 13.1 Å². The highest BCUT2D eigenvalue weighted by Gasteiger charge is 2.46. The van der Waals surface area contributed by atoms with Gasteiger partial charge in [0.05, 0.1) is 6.07 Å². The third-order valence-electron chi connectivity index (χ3n) is 5.59. The molecule has 1 aliphatic heterocycles. The Bertz CT molecular complexity index is 378. The number of likely N-dealkylation sites (tertiary alicyclic amines) is 1. The predicted octanol–water partition coefficient (Wildman–Crippen LogP) is 3.11. The Kier molecular flexibility index (Phi) is 3.52. The van der Waals surface area contributed by atoms with Gasteiger partial charge in [0.2, 0.25) is 5.91 Å². The smallest absolute Gasteiger partial charge is 0.243 e. The van der Waals surface area contributed by atoms with Gasteiger partial charge in [0.25, 0.3) is 0 Å². The Labute approximate surface area is 116 Å². The van der Waals surface area contributed by atoms with E-state index in [-0.39, 0.29) is 5.91 Å². The summed E-state index contributed by atoms with van der Waals surface area (Å²) >= 11 is 0. The quantitative estimate of drug-likeness (QED) is 0.680. The van der Waals surface area contributed by atoms with Gasteiger partial charge in [-0.3, -0.25) is 4.79 Å². The van der Waals surface area contributed by atoms with Crippen LogP contribution in [-0.2, 0) is 4.79 Å². The molecule has 0 N–H and O–H groups in total. The fraction of sp³-hybridized carbons (Fsp3) is 0.875. The van der Waals surface area contributed by atoms with E-state index in [1.807, 2.05) is 4.90 Å². The van der Waals surface area contributed by atoms with Gasteiger partial charge >= 0.3 is 0 Å². The van der Waals surface area contributed by atoms with Gasteiger partial charge in [-0.1, -0.05) is 32.1 Å². The molecular formula is C16H24N2O. The molecule has 19 heavy (non-hydrogen) atoms. The molecule has 3 rings (SSSR count). The van der Waals surface area contributed by atoms with Crippen molar-refractivity contribution < 1.29 is 4.79 Å². The summed E-state index contributed by atoms with van der Waals surface area (Å²) in [6.07, 6.45) is 9.93. The zero-order valence-electron chi connectivity index (χ0n) is 11.7. The maximum Gasteiger partial charge on any atom is 0.243 e. The lowest BCUT2D eigenvalue weighted by Crippen LogP contribution is -2.42. The summed E-state index contributed by atoms with van der Waals surface area (Å²) in [5.74, 6) is 1.61. The average molecular weight is 260 g/mol. The molecule has 2 unspecified atom stereocenters. The molecule has 3 heteroatoms. The molecule has 0 radical (unpaired) electrons. The molecule has 0 aromatic carbocycles. The molecule has 2 saturated carbocycles. The number of carbonyl (C=O) groups excluding carboxylic acids is 1. The molecule has 3 fully saturated rings. The molecule has 1 heterocycles. The number of carbonyl (C=O) groups is 1. The normalized spacial score (nSPS) is 33.5. The van der Waals surface area contributed by atoms with Crippen LogP contribution in [0.2, 0.25) is 0 Å². The van der Waals surface area contributed by atoms with Crippen molar-refractivity contribution in [1.29, 1.82) is 5.26 Å². The maximum atomic E-state index is 12.8. The van der Waals surface area contributed by atoms with Gasteiger partial charge in [0, 0.05) is 13.1 Å². The van der Waals surface area contributed by atoms with Crippen molar-refractivity contribution in [2.45, 2.75) is 57.8 Å². The van der Waals surface area contributed by atoms with Crippen LogP contribution in [0.15, 0.2) is 0 Å². The first-order valence-corrected chi connectivity index (χ1v) is 7.96. The Balaban J connectivity index is 1.73. The summed E-state index contributed by atoms with van der Waals surface area (Å²) < 4.78 is 0. The Morgan fingerprint density at radius 2 is 1.58 bits per heavy atom. The van der Waals surface area contributed by atoms with E-state index in [9.17, 15) is 10.1 Å². The third kappa shape index (κ3) is 2.26. The molecular weight excluding hydrogens is 236 g/mol. The molecule has 2 aliphatic carbocycles. The van der Waals surface area contributed by atoms with Gasteiger partial charge in [0.15, 0.2) is 0 Å². The predicted molar refractivity (Wildman–Crippen MR) is 73.2 cm³/mol. The van der Waals surface area contributed by atoms with Gasteiger partial charge in [0.1, 0.15) is 5.41 Å². The number of nitrogens with zero attached hydrogens (tertiary/aromatic N) is 2. The molecule has 0 aromatic heterocycles. The highest BCUT2D eigenvalue weighted by atomic mass is 16.2. The second-order valence-electron chi connectivity index (χ2n) is 6.77. The Hall–Kier alpha value is -1.04. The van der Waals surface area contributed by atoms with E-state index in [0.717, 1.165) is 50.6 Å². The molecule has 104 valence electrons. The number of fused-ring (bicyclic) bond motifs is 1. The summed E-state index contributed by atoms with van der Waals surface area (Å²) in [5.41, 5.74) is -0.685. The molecule has 0 spiro atoms. The van der Waals surface area contributed by atoms with Crippen LogP contribution in [0, 0.1) is 28.6 Å². The average Bonchev–Trinajstić information content (AvgIpc) is 2.92. The van der Waals surface area contributed by atoms with Gasteiger partial charge < -0.3 is 4.90 Å². The van der Waals surface area contributed by atoms with Crippen LogP contribution in [0.5, 0.6) is 0 Å². The number of amides is 1. The largest absolute Gasteiger partial charge is 0.341 e. The minimum atomic E-state index is -0.685. The summed E-state index contributed by atoms with van der Waals surface area (Å²) in [6.45, 7) is 1.85. The minimum Gasteiger partial charge on any atom is -0.341 e. The van der Waals surface area contributed by atoms with Crippen LogP contribution < -0.4 is 0 Å². The Morgan fingerprint density at radius 3 is 2.11 bits per heavy atom. The monoisotopic (exact) mass is 260 g/mol. The van der Waals surface area contributed by atoms with Crippen LogP contribution in [0.4, 0.5) is 0 Å². The minimum absolute atomic E-state index is 0.159. The van der Waals surface area contributed by atoms with E-state index >= 15 is 0 Å². The van der Waals surface area contributed by atoms with Crippen LogP contribution in [-0.4, -0.2) is 23.9 Å². The first-order chi connectivity index (χ1) is 9.25. The van der Waals surface area contributed by atoms with E-state index in [1.54, 1.807) is 0 Å². The summed E-state index contributed by atoms with van der Waals surface area (Å²) in [4.78, 5) is 14.9. The maximum absolute atomic E-state index is 12.8. The fourth-order valence-electron chi connectivity index (χ4n) is 4.41. The second kappa shape index (κ2) is 5.15. The van der Waals surface area contributed by atoms with Crippen LogP contribution in [0.25, 0.3) is 0 Å².